The minimum atomic E-state index is -1.84. The van der Waals surface area contributed by atoms with Crippen LogP contribution in [0.2, 0.25) is 0 Å². The van der Waals surface area contributed by atoms with E-state index < -0.39 is 6.04 Å². The smallest absolute Gasteiger partial charge is 0.317 e. The van der Waals surface area contributed by atoms with E-state index in [0.717, 1.165) is 0 Å². The van der Waals surface area contributed by atoms with Crippen molar-refractivity contribution in [2.45, 2.75) is 19.9 Å². The van der Waals surface area contributed by atoms with Crippen molar-refractivity contribution < 1.29 is 13.9 Å². The highest BCUT2D eigenvalue weighted by molar-refractivity contribution is 4.58. The van der Waals surface area contributed by atoms with Gasteiger partial charge in [0.15, 0.2) is 0 Å². The zero-order valence-electron chi connectivity index (χ0n) is 5.69. The van der Waals surface area contributed by atoms with Gasteiger partial charge in [0.2, 0.25) is 0 Å². The van der Waals surface area contributed by atoms with Crippen molar-refractivity contribution in [3.8, 4) is 0 Å². The van der Waals surface area contributed by atoms with Gasteiger partial charge in [-0.25, -0.2) is 0 Å². The molecule has 1 heterocycles. The molecule has 0 bridgehead atoms. The first-order valence-corrected chi connectivity index (χ1v) is 3.07. The van der Waals surface area contributed by atoms with E-state index in [1.54, 1.807) is 0 Å². The van der Waals surface area contributed by atoms with Crippen LogP contribution in [0.25, 0.3) is 0 Å². The van der Waals surface area contributed by atoms with Crippen LogP contribution in [-0.2, 0) is 9.47 Å². The molecule has 0 aromatic rings. The van der Waals surface area contributed by atoms with Crippen LogP contribution in [0.1, 0.15) is 13.8 Å². The Bertz CT molecular complexity index is 93.2. The van der Waals surface area contributed by atoms with Gasteiger partial charge < -0.3 is 9.47 Å². The lowest BCUT2D eigenvalue weighted by atomic mass is 10.2. The maximum absolute atomic E-state index is 12.6. The molecular weight excluding hydrogens is 123 g/mol. The summed E-state index contributed by atoms with van der Waals surface area (Å²) in [7, 11) is 0. The van der Waals surface area contributed by atoms with Crippen LogP contribution < -0.4 is 0 Å². The Morgan fingerprint density at radius 1 is 1.44 bits per heavy atom. The fourth-order valence-electron chi connectivity index (χ4n) is 0.672. The minimum Gasteiger partial charge on any atom is -0.324 e. The van der Waals surface area contributed by atoms with Gasteiger partial charge >= 0.3 is 6.04 Å². The highest BCUT2D eigenvalue weighted by Gasteiger charge is 2.30. The van der Waals surface area contributed by atoms with E-state index in [2.05, 4.69) is 9.47 Å². The van der Waals surface area contributed by atoms with Crippen molar-refractivity contribution in [3.05, 3.63) is 0 Å². The first kappa shape index (κ1) is 6.96. The zero-order valence-corrected chi connectivity index (χ0v) is 5.69. The van der Waals surface area contributed by atoms with Gasteiger partial charge in [0.1, 0.15) is 0 Å². The van der Waals surface area contributed by atoms with Gasteiger partial charge in [0.25, 0.3) is 0 Å². The van der Waals surface area contributed by atoms with E-state index in [1.807, 2.05) is 6.92 Å². The standard InChI is InChI=1S/C6H11FO2/c1-5-3-8-6(2,7)9-4-5/h5H,3-4H2,1-2H3. The SMILES string of the molecule is CC1COC(C)(F)OC1. The van der Waals surface area contributed by atoms with Crippen LogP contribution in [0.15, 0.2) is 0 Å². The monoisotopic (exact) mass is 134 g/mol. The quantitative estimate of drug-likeness (QED) is 0.497. The van der Waals surface area contributed by atoms with Crippen molar-refractivity contribution in [3.63, 3.8) is 0 Å². The maximum Gasteiger partial charge on any atom is 0.317 e. The van der Waals surface area contributed by atoms with Gasteiger partial charge in [-0.3, -0.25) is 0 Å². The molecule has 3 heteroatoms. The summed E-state index contributed by atoms with van der Waals surface area (Å²) >= 11 is 0. The summed E-state index contributed by atoms with van der Waals surface area (Å²) in [6, 6.07) is -1.84. The van der Waals surface area contributed by atoms with Crippen molar-refractivity contribution in [2.24, 2.45) is 5.92 Å². The van der Waals surface area contributed by atoms with Crippen LogP contribution in [0.3, 0.4) is 0 Å². The third kappa shape index (κ3) is 1.91. The van der Waals surface area contributed by atoms with Crippen LogP contribution in [-0.4, -0.2) is 19.3 Å². The van der Waals surface area contributed by atoms with Crippen molar-refractivity contribution in [2.75, 3.05) is 13.2 Å². The largest absolute Gasteiger partial charge is 0.324 e. The molecule has 9 heavy (non-hydrogen) atoms. The van der Waals surface area contributed by atoms with Crippen LogP contribution >= 0.6 is 0 Å². The Hall–Kier alpha value is -0.150. The van der Waals surface area contributed by atoms with Gasteiger partial charge in [0, 0.05) is 12.8 Å². The number of hydrogen-bond acceptors (Lipinski definition) is 2. The number of ether oxygens (including phenoxy) is 2. The molecule has 1 aliphatic heterocycles. The van der Waals surface area contributed by atoms with E-state index in [4.69, 9.17) is 0 Å². The Kier molecular flexibility index (Phi) is 1.73. The molecule has 1 fully saturated rings. The molecule has 0 amide bonds. The minimum absolute atomic E-state index is 0.314. The molecule has 0 atom stereocenters. The predicted octanol–water partition coefficient (Wildman–Crippen LogP) is 1.31. The van der Waals surface area contributed by atoms with Gasteiger partial charge in [-0.05, 0) is 0 Å². The molecule has 0 spiro atoms. The summed E-state index contributed by atoms with van der Waals surface area (Å²) < 4.78 is 22.0. The summed E-state index contributed by atoms with van der Waals surface area (Å²) in [5, 5.41) is 0. The number of rotatable bonds is 0. The van der Waals surface area contributed by atoms with E-state index >= 15 is 0 Å². The molecule has 1 saturated heterocycles. The fourth-order valence-corrected chi connectivity index (χ4v) is 0.672. The fraction of sp³-hybridized carbons (Fsp3) is 1.00. The van der Waals surface area contributed by atoms with Crippen molar-refractivity contribution in [1.82, 2.24) is 0 Å². The number of halogens is 1. The Balaban J connectivity index is 2.35. The third-order valence-corrected chi connectivity index (χ3v) is 1.25. The molecule has 0 radical (unpaired) electrons. The van der Waals surface area contributed by atoms with E-state index in [1.165, 1.54) is 6.92 Å². The third-order valence-electron chi connectivity index (χ3n) is 1.25. The second-order valence-electron chi connectivity index (χ2n) is 2.56. The van der Waals surface area contributed by atoms with Gasteiger partial charge in [0.05, 0.1) is 13.2 Å². The summed E-state index contributed by atoms with van der Waals surface area (Å²) in [5.74, 6) is 0.314. The summed E-state index contributed by atoms with van der Waals surface area (Å²) in [6.45, 7) is 4.13. The first-order chi connectivity index (χ1) is 4.10. The molecule has 54 valence electrons. The Morgan fingerprint density at radius 3 is 2.22 bits per heavy atom. The molecule has 0 aliphatic carbocycles. The van der Waals surface area contributed by atoms with Gasteiger partial charge in [-0.1, -0.05) is 6.92 Å². The van der Waals surface area contributed by atoms with Crippen LogP contribution in [0, 0.1) is 5.92 Å². The molecule has 0 aromatic carbocycles. The molecule has 0 aromatic heterocycles. The lowest BCUT2D eigenvalue weighted by molar-refractivity contribution is -0.339. The molecule has 2 nitrogen and oxygen atoms in total. The van der Waals surface area contributed by atoms with Gasteiger partial charge in [-0.2, -0.15) is 4.39 Å². The first-order valence-electron chi connectivity index (χ1n) is 3.07. The zero-order chi connectivity index (χ0) is 6.91. The van der Waals surface area contributed by atoms with E-state index in [9.17, 15) is 4.39 Å². The molecule has 0 N–H and O–H groups in total. The highest BCUT2D eigenvalue weighted by Crippen LogP contribution is 2.21. The predicted molar refractivity (Wildman–Crippen MR) is 30.6 cm³/mol. The average molecular weight is 134 g/mol. The summed E-state index contributed by atoms with van der Waals surface area (Å²) in [4.78, 5) is 0. The number of alkyl halides is 1. The van der Waals surface area contributed by atoms with Crippen molar-refractivity contribution >= 4 is 0 Å². The lowest BCUT2D eigenvalue weighted by Crippen LogP contribution is -2.36. The van der Waals surface area contributed by atoms with E-state index in [0.29, 0.717) is 19.1 Å². The van der Waals surface area contributed by atoms with E-state index in [-0.39, 0.29) is 0 Å². The Morgan fingerprint density at radius 2 is 1.89 bits per heavy atom. The summed E-state index contributed by atoms with van der Waals surface area (Å²) in [5.41, 5.74) is 0. The lowest BCUT2D eigenvalue weighted by Gasteiger charge is -2.29. The van der Waals surface area contributed by atoms with Crippen LogP contribution in [0.4, 0.5) is 4.39 Å². The topological polar surface area (TPSA) is 18.5 Å². The molecule has 1 aliphatic rings. The normalized spacial score (nSPS) is 45.0. The molecule has 0 saturated carbocycles. The molecular formula is C6H11FO2. The van der Waals surface area contributed by atoms with Crippen molar-refractivity contribution in [1.29, 1.82) is 0 Å². The second-order valence-corrected chi connectivity index (χ2v) is 2.56. The highest BCUT2D eigenvalue weighted by atomic mass is 19.2. The number of hydrogen-bond donors (Lipinski definition) is 0. The Labute approximate surface area is 54.0 Å². The second kappa shape index (κ2) is 2.23. The maximum atomic E-state index is 12.6. The average Bonchev–Trinajstić information content (AvgIpc) is 1.78. The van der Waals surface area contributed by atoms with Gasteiger partial charge in [-0.15, -0.1) is 0 Å². The molecule has 1 rings (SSSR count). The van der Waals surface area contributed by atoms with Crippen LogP contribution in [0.5, 0.6) is 0 Å². The molecule has 0 unspecified atom stereocenters. The summed E-state index contributed by atoms with van der Waals surface area (Å²) in [6.07, 6.45) is 0.